The van der Waals surface area contributed by atoms with Gasteiger partial charge in [0.2, 0.25) is 0 Å². The molecule has 3 heterocycles. The summed E-state index contributed by atoms with van der Waals surface area (Å²) < 4.78 is 25.0. The minimum Gasteiger partial charge on any atom is -0.490 e. The normalized spacial score (nSPS) is 20.6. The molecule has 2 amide bonds. The second-order valence-electron chi connectivity index (χ2n) is 8.83. The third-order valence-corrected chi connectivity index (χ3v) is 6.69. The van der Waals surface area contributed by atoms with E-state index in [2.05, 4.69) is 15.3 Å². The molecule has 0 aliphatic carbocycles. The van der Waals surface area contributed by atoms with Gasteiger partial charge in [-0.25, -0.2) is 14.4 Å². The molecule has 0 saturated carbocycles. The zero-order chi connectivity index (χ0) is 25.1. The summed E-state index contributed by atoms with van der Waals surface area (Å²) in [6.07, 6.45) is 6.00. The third kappa shape index (κ3) is 5.41. The van der Waals surface area contributed by atoms with E-state index >= 15 is 0 Å². The van der Waals surface area contributed by atoms with Crippen LogP contribution in [-0.4, -0.2) is 51.5 Å². The molecule has 2 bridgehead atoms. The summed E-state index contributed by atoms with van der Waals surface area (Å²) in [5.74, 6) is 0.301. The number of rotatable bonds is 7. The van der Waals surface area contributed by atoms with Crippen molar-refractivity contribution >= 4 is 29.2 Å². The van der Waals surface area contributed by atoms with Crippen LogP contribution in [0, 0.1) is 5.82 Å². The summed E-state index contributed by atoms with van der Waals surface area (Å²) in [5.41, 5.74) is 0.197. The highest BCUT2D eigenvalue weighted by Crippen LogP contribution is 2.37. The molecule has 10 heteroatoms. The van der Waals surface area contributed by atoms with E-state index in [4.69, 9.17) is 21.1 Å². The first-order valence-corrected chi connectivity index (χ1v) is 12.1. The average molecular weight is 511 g/mol. The number of halogens is 2. The second-order valence-corrected chi connectivity index (χ2v) is 9.27. The van der Waals surface area contributed by atoms with Gasteiger partial charge < -0.3 is 19.7 Å². The Bertz CT molecular complexity index is 1230. The number of hydrogen-bond donors (Lipinski definition) is 1. The lowest BCUT2D eigenvalue weighted by Gasteiger charge is -2.38. The molecule has 1 aromatic heterocycles. The number of ether oxygens (including phenoxy) is 2. The smallest absolute Gasteiger partial charge is 0.261 e. The number of anilines is 1. The van der Waals surface area contributed by atoms with Crippen LogP contribution < -0.4 is 14.8 Å². The number of benzene rings is 2. The fourth-order valence-electron chi connectivity index (χ4n) is 4.90. The molecular formula is C26H24ClFN4O4. The van der Waals surface area contributed by atoms with E-state index in [9.17, 15) is 14.0 Å². The Morgan fingerprint density at radius 2 is 1.83 bits per heavy atom. The molecule has 2 aliphatic heterocycles. The van der Waals surface area contributed by atoms with Gasteiger partial charge >= 0.3 is 0 Å². The zero-order valence-electron chi connectivity index (χ0n) is 19.3. The predicted octanol–water partition coefficient (Wildman–Crippen LogP) is 4.50. The number of nitrogens with one attached hydrogen (secondary N) is 1. The number of amides is 2. The topological polar surface area (TPSA) is 93.7 Å². The molecule has 3 aromatic rings. The standard InChI is InChI=1S/C26H24ClFN4O4/c27-16-1-8-23(22(11-16)26(34)31-24-9-10-29-15-30-24)35-14-25(33)32-18-4-5-19(32)13-21(12-18)36-20-6-2-17(28)3-7-20/h1-3,6-11,15,18-19,21H,4-5,12-14H2,(H,29,30,31,34)/t18-,19+,21?. The van der Waals surface area contributed by atoms with Gasteiger partial charge in [0.05, 0.1) is 5.56 Å². The number of nitrogens with zero attached hydrogens (tertiary/aromatic N) is 3. The first-order chi connectivity index (χ1) is 17.5. The van der Waals surface area contributed by atoms with Crippen molar-refractivity contribution in [3.8, 4) is 11.5 Å². The van der Waals surface area contributed by atoms with Crippen molar-refractivity contribution in [1.29, 1.82) is 0 Å². The highest BCUT2D eigenvalue weighted by atomic mass is 35.5. The van der Waals surface area contributed by atoms with E-state index in [1.807, 2.05) is 4.90 Å². The SMILES string of the molecule is O=C(Nc1ccncn1)c1cc(Cl)ccc1OCC(=O)N1[C@@H]2CC[C@H]1CC(Oc1ccc(F)cc1)C2. The zero-order valence-corrected chi connectivity index (χ0v) is 20.0. The number of carbonyl (C=O) groups excluding carboxylic acids is 2. The lowest BCUT2D eigenvalue weighted by Crippen LogP contribution is -2.50. The molecular weight excluding hydrogens is 487 g/mol. The Labute approximate surface area is 212 Å². The number of piperidine rings is 1. The van der Waals surface area contributed by atoms with Crippen molar-refractivity contribution < 1.29 is 23.5 Å². The summed E-state index contributed by atoms with van der Waals surface area (Å²) in [6, 6.07) is 12.3. The van der Waals surface area contributed by atoms with Crippen molar-refractivity contribution in [2.24, 2.45) is 0 Å². The van der Waals surface area contributed by atoms with Crippen LogP contribution in [0.25, 0.3) is 0 Å². The first-order valence-electron chi connectivity index (χ1n) is 11.7. The molecule has 2 aromatic carbocycles. The predicted molar refractivity (Wildman–Crippen MR) is 131 cm³/mol. The Kier molecular flexibility index (Phi) is 6.99. The Balaban J connectivity index is 1.21. The van der Waals surface area contributed by atoms with Crippen LogP contribution in [0.3, 0.4) is 0 Å². The highest BCUT2D eigenvalue weighted by Gasteiger charge is 2.44. The number of carbonyl (C=O) groups is 2. The monoisotopic (exact) mass is 510 g/mol. The lowest BCUT2D eigenvalue weighted by molar-refractivity contribution is -0.139. The quantitative estimate of drug-likeness (QED) is 0.503. The lowest BCUT2D eigenvalue weighted by atomic mass is 9.99. The Hall–Kier alpha value is -3.72. The number of fused-ring (bicyclic) bond motifs is 2. The second kappa shape index (κ2) is 10.5. The molecule has 2 aliphatic rings. The van der Waals surface area contributed by atoms with E-state index in [1.54, 1.807) is 30.3 Å². The first kappa shape index (κ1) is 24.0. The largest absolute Gasteiger partial charge is 0.490 e. The Morgan fingerprint density at radius 3 is 2.53 bits per heavy atom. The fraction of sp³-hybridized carbons (Fsp3) is 0.308. The van der Waals surface area contributed by atoms with E-state index in [0.717, 1.165) is 12.8 Å². The number of aromatic nitrogens is 2. The van der Waals surface area contributed by atoms with Crippen LogP contribution in [0.1, 0.15) is 36.0 Å². The maximum Gasteiger partial charge on any atom is 0.261 e. The van der Waals surface area contributed by atoms with Crippen LogP contribution in [0.5, 0.6) is 11.5 Å². The van der Waals surface area contributed by atoms with Crippen molar-refractivity contribution in [2.45, 2.75) is 43.9 Å². The molecule has 0 radical (unpaired) electrons. The Morgan fingerprint density at radius 1 is 1.08 bits per heavy atom. The highest BCUT2D eigenvalue weighted by molar-refractivity contribution is 6.31. The van der Waals surface area contributed by atoms with Gasteiger partial charge in [0.1, 0.15) is 35.6 Å². The molecule has 5 rings (SSSR count). The minimum atomic E-state index is -0.461. The van der Waals surface area contributed by atoms with Gasteiger partial charge in [-0.15, -0.1) is 0 Å². The third-order valence-electron chi connectivity index (χ3n) is 6.46. The van der Waals surface area contributed by atoms with Crippen molar-refractivity contribution in [2.75, 3.05) is 11.9 Å². The van der Waals surface area contributed by atoms with Crippen molar-refractivity contribution in [3.05, 3.63) is 77.5 Å². The van der Waals surface area contributed by atoms with Gasteiger partial charge in [0.25, 0.3) is 11.8 Å². The van der Waals surface area contributed by atoms with Gasteiger partial charge in [-0.05, 0) is 61.4 Å². The summed E-state index contributed by atoms with van der Waals surface area (Å²) >= 11 is 6.11. The molecule has 2 saturated heterocycles. The molecule has 186 valence electrons. The van der Waals surface area contributed by atoms with E-state index < -0.39 is 5.91 Å². The summed E-state index contributed by atoms with van der Waals surface area (Å²) in [6.45, 7) is -0.202. The molecule has 0 spiro atoms. The average Bonchev–Trinajstić information content (AvgIpc) is 3.15. The van der Waals surface area contributed by atoms with Crippen LogP contribution in [0.2, 0.25) is 5.02 Å². The molecule has 2 fully saturated rings. The molecule has 8 nitrogen and oxygen atoms in total. The van der Waals surface area contributed by atoms with Gasteiger partial charge in [0.15, 0.2) is 6.61 Å². The maximum atomic E-state index is 13.2. The summed E-state index contributed by atoms with van der Waals surface area (Å²) in [4.78, 5) is 35.7. The number of hydrogen-bond acceptors (Lipinski definition) is 6. The van der Waals surface area contributed by atoms with Crippen LogP contribution in [0.15, 0.2) is 61.1 Å². The molecule has 1 N–H and O–H groups in total. The van der Waals surface area contributed by atoms with Gasteiger partial charge in [-0.3, -0.25) is 9.59 Å². The van der Waals surface area contributed by atoms with E-state index in [1.165, 1.54) is 30.7 Å². The van der Waals surface area contributed by atoms with Crippen molar-refractivity contribution in [1.82, 2.24) is 14.9 Å². The van der Waals surface area contributed by atoms with Gasteiger partial charge in [-0.2, -0.15) is 0 Å². The van der Waals surface area contributed by atoms with Gasteiger partial charge in [0, 0.05) is 36.1 Å². The van der Waals surface area contributed by atoms with Crippen LogP contribution in [0.4, 0.5) is 10.2 Å². The van der Waals surface area contributed by atoms with E-state index in [0.29, 0.717) is 29.4 Å². The minimum absolute atomic E-state index is 0.0358. The summed E-state index contributed by atoms with van der Waals surface area (Å²) in [7, 11) is 0. The van der Waals surface area contributed by atoms with Crippen LogP contribution in [-0.2, 0) is 4.79 Å². The van der Waals surface area contributed by atoms with Crippen LogP contribution >= 0.6 is 11.6 Å². The molecule has 1 unspecified atom stereocenters. The van der Waals surface area contributed by atoms with E-state index in [-0.39, 0.29) is 47.8 Å². The molecule has 3 atom stereocenters. The fourth-order valence-corrected chi connectivity index (χ4v) is 5.08. The van der Waals surface area contributed by atoms with Gasteiger partial charge in [-0.1, -0.05) is 11.6 Å². The molecule has 36 heavy (non-hydrogen) atoms. The summed E-state index contributed by atoms with van der Waals surface area (Å²) in [5, 5.41) is 3.03. The maximum absolute atomic E-state index is 13.2. The van der Waals surface area contributed by atoms with Crippen molar-refractivity contribution in [3.63, 3.8) is 0 Å².